The molecule has 0 aliphatic rings. The number of carbonyl (C=O) groups is 1. The van der Waals surface area contributed by atoms with E-state index in [1.807, 2.05) is 4.72 Å². The summed E-state index contributed by atoms with van der Waals surface area (Å²) in [6, 6.07) is 12.7. The largest absolute Gasteiger partial charge is 0.478 e. The van der Waals surface area contributed by atoms with Crippen LogP contribution in [0.25, 0.3) is 0 Å². The molecule has 29 heavy (non-hydrogen) atoms. The van der Waals surface area contributed by atoms with Crippen molar-refractivity contribution in [2.45, 2.75) is 4.90 Å². The highest BCUT2D eigenvalue weighted by atomic mass is 35.5. The Kier molecular flexibility index (Phi) is 5.71. The minimum absolute atomic E-state index is 0.273. The van der Waals surface area contributed by atoms with Crippen LogP contribution in [0.1, 0.15) is 10.4 Å². The van der Waals surface area contributed by atoms with E-state index in [0.717, 1.165) is 0 Å². The van der Waals surface area contributed by atoms with E-state index in [-0.39, 0.29) is 4.90 Å². The molecule has 3 aromatic carbocycles. The van der Waals surface area contributed by atoms with Gasteiger partial charge in [-0.25, -0.2) is 22.0 Å². The Labute approximate surface area is 169 Å². The topological polar surface area (TPSA) is 92.7 Å². The molecule has 10 heteroatoms. The molecular formula is C19H12ClF2NO5S. The second kappa shape index (κ2) is 8.06. The highest BCUT2D eigenvalue weighted by Crippen LogP contribution is 2.30. The van der Waals surface area contributed by atoms with E-state index in [2.05, 4.69) is 0 Å². The van der Waals surface area contributed by atoms with Crippen LogP contribution in [-0.2, 0) is 10.0 Å². The molecular weight excluding hydrogens is 428 g/mol. The molecule has 150 valence electrons. The molecule has 3 aromatic rings. The molecule has 6 nitrogen and oxygen atoms in total. The summed E-state index contributed by atoms with van der Waals surface area (Å²) in [5, 5.41) is 9.44. The van der Waals surface area contributed by atoms with Gasteiger partial charge in [0.1, 0.15) is 28.7 Å². The van der Waals surface area contributed by atoms with Crippen LogP contribution in [0.3, 0.4) is 0 Å². The summed E-state index contributed by atoms with van der Waals surface area (Å²) in [6.45, 7) is 0. The van der Waals surface area contributed by atoms with Crippen molar-refractivity contribution in [3.63, 3.8) is 0 Å². The molecule has 0 atom stereocenters. The van der Waals surface area contributed by atoms with E-state index >= 15 is 0 Å². The zero-order valence-corrected chi connectivity index (χ0v) is 16.0. The van der Waals surface area contributed by atoms with Crippen molar-refractivity contribution < 1.29 is 31.8 Å². The molecule has 0 spiro atoms. The highest BCUT2D eigenvalue weighted by molar-refractivity contribution is 7.92. The van der Waals surface area contributed by atoms with Gasteiger partial charge in [0.15, 0.2) is 0 Å². The van der Waals surface area contributed by atoms with Crippen molar-refractivity contribution in [3.8, 4) is 11.5 Å². The van der Waals surface area contributed by atoms with Crippen LogP contribution in [0.5, 0.6) is 11.5 Å². The van der Waals surface area contributed by atoms with Crippen molar-refractivity contribution in [1.82, 2.24) is 0 Å². The fraction of sp³-hybridized carbons (Fsp3) is 0. The molecule has 0 bridgehead atoms. The van der Waals surface area contributed by atoms with Crippen LogP contribution < -0.4 is 9.46 Å². The van der Waals surface area contributed by atoms with E-state index in [1.54, 1.807) is 24.3 Å². The average Bonchev–Trinajstić information content (AvgIpc) is 2.63. The Morgan fingerprint density at radius 1 is 1.03 bits per heavy atom. The molecule has 0 saturated carbocycles. The first-order valence-corrected chi connectivity index (χ1v) is 9.81. The summed E-state index contributed by atoms with van der Waals surface area (Å²) < 4.78 is 59.7. The van der Waals surface area contributed by atoms with Crippen LogP contribution in [0, 0.1) is 11.6 Å². The predicted octanol–water partition coefficient (Wildman–Crippen LogP) is 4.91. The van der Waals surface area contributed by atoms with Crippen LogP contribution in [0.15, 0.2) is 65.6 Å². The van der Waals surface area contributed by atoms with E-state index in [1.165, 1.54) is 24.3 Å². The summed E-state index contributed by atoms with van der Waals surface area (Å²) in [5.74, 6) is -3.62. The van der Waals surface area contributed by atoms with Gasteiger partial charge in [-0.1, -0.05) is 23.7 Å². The Balaban J connectivity index is 1.87. The van der Waals surface area contributed by atoms with E-state index < -0.39 is 38.9 Å². The van der Waals surface area contributed by atoms with Gasteiger partial charge in [-0.15, -0.1) is 0 Å². The maximum atomic E-state index is 13.7. The summed E-state index contributed by atoms with van der Waals surface area (Å²) >= 11 is 5.99. The fourth-order valence-electron chi connectivity index (χ4n) is 2.42. The maximum Gasteiger partial charge on any atom is 0.340 e. The van der Waals surface area contributed by atoms with Gasteiger partial charge in [-0.2, -0.15) is 0 Å². The molecule has 0 fully saturated rings. The predicted molar refractivity (Wildman–Crippen MR) is 102 cm³/mol. The van der Waals surface area contributed by atoms with Crippen molar-refractivity contribution >= 4 is 33.3 Å². The summed E-state index contributed by atoms with van der Waals surface area (Å²) in [5.41, 5.74) is -1.72. The van der Waals surface area contributed by atoms with Gasteiger partial charge >= 0.3 is 5.97 Å². The molecule has 0 saturated heterocycles. The van der Waals surface area contributed by atoms with Gasteiger partial charge < -0.3 is 9.84 Å². The summed E-state index contributed by atoms with van der Waals surface area (Å²) in [4.78, 5) is 10.9. The molecule has 3 rings (SSSR count). The van der Waals surface area contributed by atoms with Gasteiger partial charge in [-0.3, -0.25) is 4.72 Å². The lowest BCUT2D eigenvalue weighted by Crippen LogP contribution is -2.17. The number of nitrogens with one attached hydrogen (secondary N) is 1. The smallest absolute Gasteiger partial charge is 0.340 e. The molecule has 0 amide bonds. The van der Waals surface area contributed by atoms with Crippen molar-refractivity contribution in [2.24, 2.45) is 0 Å². The number of ether oxygens (including phenoxy) is 1. The summed E-state index contributed by atoms with van der Waals surface area (Å²) in [7, 11) is -4.33. The maximum absolute atomic E-state index is 13.7. The van der Waals surface area contributed by atoms with E-state index in [4.69, 9.17) is 21.4 Å². The molecule has 0 aliphatic carbocycles. The normalized spacial score (nSPS) is 11.1. The zero-order valence-electron chi connectivity index (χ0n) is 14.4. The monoisotopic (exact) mass is 439 g/mol. The Hall–Kier alpha value is -3.17. The Morgan fingerprint density at radius 2 is 1.69 bits per heavy atom. The van der Waals surface area contributed by atoms with Crippen LogP contribution in [-0.4, -0.2) is 19.5 Å². The Bertz CT molecular complexity index is 1180. The first-order chi connectivity index (χ1) is 13.7. The lowest BCUT2D eigenvalue weighted by atomic mass is 10.1. The number of para-hydroxylation sites is 1. The van der Waals surface area contributed by atoms with Crippen LogP contribution in [0.4, 0.5) is 14.5 Å². The number of carboxylic acids is 1. The lowest BCUT2D eigenvalue weighted by molar-refractivity contribution is 0.0693. The van der Waals surface area contributed by atoms with E-state index in [0.29, 0.717) is 28.7 Å². The number of halogens is 3. The van der Waals surface area contributed by atoms with Crippen molar-refractivity contribution in [3.05, 3.63) is 82.9 Å². The minimum Gasteiger partial charge on any atom is -0.478 e. The fourth-order valence-corrected chi connectivity index (χ4v) is 3.65. The quantitative estimate of drug-likeness (QED) is 0.569. The number of anilines is 1. The van der Waals surface area contributed by atoms with Gasteiger partial charge in [0.05, 0.1) is 15.6 Å². The van der Waals surface area contributed by atoms with Gasteiger partial charge in [0.2, 0.25) is 0 Å². The zero-order chi connectivity index (χ0) is 21.2. The number of sulfonamides is 1. The average molecular weight is 440 g/mol. The van der Waals surface area contributed by atoms with E-state index in [9.17, 15) is 22.0 Å². The number of hydrogen-bond donors (Lipinski definition) is 2. The van der Waals surface area contributed by atoms with Gasteiger partial charge in [-0.05, 0) is 42.5 Å². The van der Waals surface area contributed by atoms with Crippen molar-refractivity contribution in [1.29, 1.82) is 0 Å². The van der Waals surface area contributed by atoms with Gasteiger partial charge in [0, 0.05) is 6.07 Å². The SMILES string of the molecule is O=C(O)c1c(F)cc(F)cc1NS(=O)(=O)c1ccc(Oc2ccccc2Cl)cc1. The van der Waals surface area contributed by atoms with Gasteiger partial charge in [0.25, 0.3) is 10.0 Å². The lowest BCUT2D eigenvalue weighted by Gasteiger charge is -2.12. The second-order valence-corrected chi connectivity index (χ2v) is 7.81. The van der Waals surface area contributed by atoms with Crippen LogP contribution in [0.2, 0.25) is 5.02 Å². The highest BCUT2D eigenvalue weighted by Gasteiger charge is 2.23. The third kappa shape index (κ3) is 4.64. The second-order valence-electron chi connectivity index (χ2n) is 5.72. The molecule has 2 N–H and O–H groups in total. The molecule has 0 aliphatic heterocycles. The number of rotatable bonds is 6. The molecule has 0 heterocycles. The van der Waals surface area contributed by atoms with Crippen LogP contribution >= 0.6 is 11.6 Å². The van der Waals surface area contributed by atoms with Crippen molar-refractivity contribution in [2.75, 3.05) is 4.72 Å². The third-order valence-electron chi connectivity index (χ3n) is 3.71. The third-order valence-corrected chi connectivity index (χ3v) is 5.41. The number of carboxylic acid groups (broad SMARTS) is 1. The number of aromatic carboxylic acids is 1. The first kappa shape index (κ1) is 20.6. The minimum atomic E-state index is -4.33. The Morgan fingerprint density at radius 3 is 2.31 bits per heavy atom. The molecule has 0 aromatic heterocycles. The summed E-state index contributed by atoms with van der Waals surface area (Å²) in [6.07, 6.45) is 0. The molecule has 0 radical (unpaired) electrons. The molecule has 0 unspecified atom stereocenters. The number of benzene rings is 3. The standard InChI is InChI=1S/C19H12ClF2NO5S/c20-14-3-1-2-4-17(14)28-12-5-7-13(8-6-12)29(26,27)23-16-10-11(21)9-15(22)18(16)19(24)25/h1-10,23H,(H,24,25). The first-order valence-electron chi connectivity index (χ1n) is 7.95. The number of hydrogen-bond acceptors (Lipinski definition) is 4.